The average Bonchev–Trinajstić information content (AvgIpc) is 2.69. The van der Waals surface area contributed by atoms with Crippen molar-refractivity contribution in [2.75, 3.05) is 18.5 Å². The van der Waals surface area contributed by atoms with Crippen LogP contribution < -0.4 is 15.4 Å². The zero-order valence-electron chi connectivity index (χ0n) is 16.4. The van der Waals surface area contributed by atoms with Gasteiger partial charge in [-0.05, 0) is 49.7 Å². The van der Waals surface area contributed by atoms with E-state index in [1.54, 1.807) is 36.4 Å². The highest BCUT2D eigenvalue weighted by Crippen LogP contribution is 2.25. The Balaban J connectivity index is 2.10. The summed E-state index contributed by atoms with van der Waals surface area (Å²) in [6, 6.07) is 12.3. The second-order valence-corrected chi connectivity index (χ2v) is 7.36. The van der Waals surface area contributed by atoms with Crippen molar-refractivity contribution in [2.24, 2.45) is 0 Å². The summed E-state index contributed by atoms with van der Waals surface area (Å²) in [7, 11) is 0. The summed E-state index contributed by atoms with van der Waals surface area (Å²) in [4.78, 5) is 24.8. The number of benzene rings is 2. The zero-order chi connectivity index (χ0) is 20.4. The van der Waals surface area contributed by atoms with Gasteiger partial charge in [0.2, 0.25) is 0 Å². The third kappa shape index (κ3) is 6.68. The van der Waals surface area contributed by atoms with Gasteiger partial charge in [-0.15, -0.1) is 0 Å². The van der Waals surface area contributed by atoms with E-state index >= 15 is 0 Å². The number of ether oxygens (including phenoxy) is 1. The largest absolute Gasteiger partial charge is 0.493 e. The number of amides is 2. The summed E-state index contributed by atoms with van der Waals surface area (Å²) < 4.78 is 6.64. The lowest BCUT2D eigenvalue weighted by molar-refractivity contribution is 0.0954. The number of hydrogen-bond acceptors (Lipinski definition) is 3. The molecule has 0 aromatic heterocycles. The van der Waals surface area contributed by atoms with E-state index in [0.717, 1.165) is 17.3 Å². The van der Waals surface area contributed by atoms with Gasteiger partial charge in [0, 0.05) is 22.3 Å². The van der Waals surface area contributed by atoms with Gasteiger partial charge >= 0.3 is 0 Å². The van der Waals surface area contributed by atoms with Crippen molar-refractivity contribution < 1.29 is 14.3 Å². The molecule has 0 heterocycles. The second-order valence-electron chi connectivity index (χ2n) is 6.44. The number of nitrogens with one attached hydrogen (secondary N) is 2. The molecule has 0 aliphatic rings. The van der Waals surface area contributed by atoms with E-state index < -0.39 is 0 Å². The summed E-state index contributed by atoms with van der Waals surface area (Å²) in [5.41, 5.74) is 1.51. The van der Waals surface area contributed by atoms with Crippen molar-refractivity contribution >= 4 is 33.4 Å². The molecule has 0 aliphatic heterocycles. The first-order chi connectivity index (χ1) is 13.5. The van der Waals surface area contributed by atoms with Crippen molar-refractivity contribution in [2.45, 2.75) is 39.5 Å². The smallest absolute Gasteiger partial charge is 0.259 e. The van der Waals surface area contributed by atoms with E-state index in [9.17, 15) is 9.59 Å². The summed E-state index contributed by atoms with van der Waals surface area (Å²) >= 11 is 3.41. The Morgan fingerprint density at radius 1 is 1.00 bits per heavy atom. The topological polar surface area (TPSA) is 67.4 Å². The maximum absolute atomic E-state index is 12.8. The molecule has 150 valence electrons. The Morgan fingerprint density at radius 3 is 2.57 bits per heavy atom. The molecule has 2 rings (SSSR count). The van der Waals surface area contributed by atoms with Gasteiger partial charge in [-0.1, -0.05) is 48.2 Å². The fourth-order valence-electron chi connectivity index (χ4n) is 2.72. The molecule has 2 aromatic rings. The maximum atomic E-state index is 12.8. The van der Waals surface area contributed by atoms with Crippen LogP contribution in [0.5, 0.6) is 5.75 Å². The van der Waals surface area contributed by atoms with Crippen molar-refractivity contribution in [3.05, 3.63) is 58.1 Å². The molecule has 28 heavy (non-hydrogen) atoms. The molecule has 0 saturated heterocycles. The molecule has 0 unspecified atom stereocenters. The van der Waals surface area contributed by atoms with E-state index in [2.05, 4.69) is 33.5 Å². The van der Waals surface area contributed by atoms with Crippen LogP contribution in [0, 0.1) is 0 Å². The van der Waals surface area contributed by atoms with Crippen molar-refractivity contribution in [3.8, 4) is 5.75 Å². The monoisotopic (exact) mass is 446 g/mol. The molecule has 2 N–H and O–H groups in total. The highest BCUT2D eigenvalue weighted by atomic mass is 79.9. The number of carbonyl (C=O) groups is 2. The Kier molecular flexibility index (Phi) is 9.01. The fourth-order valence-corrected chi connectivity index (χ4v) is 3.08. The van der Waals surface area contributed by atoms with E-state index in [0.29, 0.717) is 35.7 Å². The Labute approximate surface area is 175 Å². The van der Waals surface area contributed by atoms with Crippen molar-refractivity contribution in [1.29, 1.82) is 0 Å². The van der Waals surface area contributed by atoms with Crippen LogP contribution >= 0.6 is 15.9 Å². The Bertz CT molecular complexity index is 808. The first kappa shape index (κ1) is 22.0. The number of rotatable bonds is 10. The van der Waals surface area contributed by atoms with E-state index in [1.807, 2.05) is 13.0 Å². The van der Waals surface area contributed by atoms with E-state index in [4.69, 9.17) is 4.74 Å². The second kappa shape index (κ2) is 11.5. The first-order valence-electron chi connectivity index (χ1n) is 9.67. The van der Waals surface area contributed by atoms with Crippen LogP contribution in [0.15, 0.2) is 46.9 Å². The van der Waals surface area contributed by atoms with Gasteiger partial charge in [0.05, 0.1) is 12.2 Å². The molecule has 0 fully saturated rings. The zero-order valence-corrected chi connectivity index (χ0v) is 18.0. The fraction of sp³-hybridized carbons (Fsp3) is 0.364. The van der Waals surface area contributed by atoms with Gasteiger partial charge in [-0.25, -0.2) is 0 Å². The van der Waals surface area contributed by atoms with Crippen LogP contribution in [-0.2, 0) is 0 Å². The SMILES string of the molecule is CCCCCCOc1ccc(Br)cc1C(=O)Nc1cccc(C(=O)NCC)c1. The molecule has 0 atom stereocenters. The molecule has 0 aliphatic carbocycles. The minimum absolute atomic E-state index is 0.169. The summed E-state index contributed by atoms with van der Waals surface area (Å²) in [6.07, 6.45) is 4.42. The molecule has 2 amide bonds. The van der Waals surface area contributed by atoms with Crippen LogP contribution in [0.4, 0.5) is 5.69 Å². The molecule has 0 spiro atoms. The van der Waals surface area contributed by atoms with Gasteiger partial charge in [-0.3, -0.25) is 9.59 Å². The number of halogens is 1. The van der Waals surface area contributed by atoms with Crippen LogP contribution in [-0.4, -0.2) is 25.0 Å². The van der Waals surface area contributed by atoms with Crippen molar-refractivity contribution in [3.63, 3.8) is 0 Å². The molecule has 2 aromatic carbocycles. The first-order valence-corrected chi connectivity index (χ1v) is 10.5. The number of hydrogen-bond donors (Lipinski definition) is 2. The number of carbonyl (C=O) groups excluding carboxylic acids is 2. The Morgan fingerprint density at radius 2 is 1.82 bits per heavy atom. The van der Waals surface area contributed by atoms with Crippen LogP contribution in [0.2, 0.25) is 0 Å². The third-order valence-electron chi connectivity index (χ3n) is 4.16. The highest BCUT2D eigenvalue weighted by molar-refractivity contribution is 9.10. The number of unbranched alkanes of at least 4 members (excludes halogenated alkanes) is 3. The summed E-state index contributed by atoms with van der Waals surface area (Å²) in [6.45, 7) is 5.15. The summed E-state index contributed by atoms with van der Waals surface area (Å²) in [5.74, 6) is 0.104. The number of anilines is 1. The summed E-state index contributed by atoms with van der Waals surface area (Å²) in [5, 5.41) is 5.60. The van der Waals surface area contributed by atoms with Crippen LogP contribution in [0.1, 0.15) is 60.2 Å². The van der Waals surface area contributed by atoms with Gasteiger partial charge in [0.15, 0.2) is 0 Å². The minimum atomic E-state index is -0.280. The van der Waals surface area contributed by atoms with Crippen molar-refractivity contribution in [1.82, 2.24) is 5.32 Å². The van der Waals surface area contributed by atoms with Gasteiger partial charge < -0.3 is 15.4 Å². The molecule has 0 bridgehead atoms. The van der Waals surface area contributed by atoms with Crippen LogP contribution in [0.25, 0.3) is 0 Å². The predicted molar refractivity (Wildman–Crippen MR) is 116 cm³/mol. The lowest BCUT2D eigenvalue weighted by atomic mass is 10.1. The lowest BCUT2D eigenvalue weighted by Gasteiger charge is -2.13. The van der Waals surface area contributed by atoms with E-state index in [1.165, 1.54) is 12.8 Å². The minimum Gasteiger partial charge on any atom is -0.493 e. The molecule has 0 radical (unpaired) electrons. The lowest BCUT2D eigenvalue weighted by Crippen LogP contribution is -2.22. The van der Waals surface area contributed by atoms with Gasteiger partial charge in [-0.2, -0.15) is 0 Å². The van der Waals surface area contributed by atoms with Gasteiger partial charge in [0.25, 0.3) is 11.8 Å². The molecule has 5 nitrogen and oxygen atoms in total. The quantitative estimate of drug-likeness (QED) is 0.479. The highest BCUT2D eigenvalue weighted by Gasteiger charge is 2.15. The molecule has 6 heteroatoms. The standard InChI is InChI=1S/C22H27BrN2O3/c1-3-5-6-7-13-28-20-12-11-17(23)15-19(20)22(27)25-18-10-8-9-16(14-18)21(26)24-4-2/h8-12,14-15H,3-7,13H2,1-2H3,(H,24,26)(H,25,27). The average molecular weight is 447 g/mol. The molecular weight excluding hydrogens is 420 g/mol. The molecular formula is C22H27BrN2O3. The third-order valence-corrected chi connectivity index (χ3v) is 4.65. The van der Waals surface area contributed by atoms with Gasteiger partial charge in [0.1, 0.15) is 5.75 Å². The normalized spacial score (nSPS) is 10.4. The van der Waals surface area contributed by atoms with Crippen LogP contribution in [0.3, 0.4) is 0 Å². The maximum Gasteiger partial charge on any atom is 0.259 e. The Hall–Kier alpha value is -2.34. The van der Waals surface area contributed by atoms with E-state index in [-0.39, 0.29) is 11.8 Å². The predicted octanol–water partition coefficient (Wildman–Crippen LogP) is 5.41. The molecule has 0 saturated carbocycles.